The Morgan fingerprint density at radius 2 is 2.07 bits per heavy atom. The molecular weight excluding hydrogens is 422 g/mol. The molecule has 0 radical (unpaired) electrons. The summed E-state index contributed by atoms with van der Waals surface area (Å²) in [5, 5.41) is 6.35. The van der Waals surface area contributed by atoms with Crippen molar-refractivity contribution in [1.29, 1.82) is 0 Å². The maximum Gasteiger partial charge on any atom is 0.223 e. The summed E-state index contributed by atoms with van der Waals surface area (Å²) in [5.41, 5.74) is 2.20. The third-order valence-corrected chi connectivity index (χ3v) is 6.73. The number of hydrogen-bond donors (Lipinski definition) is 1. The van der Waals surface area contributed by atoms with Crippen LogP contribution in [0.25, 0.3) is 10.9 Å². The van der Waals surface area contributed by atoms with Crippen molar-refractivity contribution in [3.05, 3.63) is 57.3 Å². The van der Waals surface area contributed by atoms with Crippen LogP contribution >= 0.6 is 27.3 Å². The molecule has 4 nitrogen and oxygen atoms in total. The van der Waals surface area contributed by atoms with E-state index in [4.69, 9.17) is 0 Å². The summed E-state index contributed by atoms with van der Waals surface area (Å²) >= 11 is 5.33. The molecule has 1 aromatic carbocycles. The molecule has 1 aliphatic heterocycles. The zero-order valence-electron chi connectivity index (χ0n) is 15.0. The summed E-state index contributed by atoms with van der Waals surface area (Å²) in [7, 11) is 0. The zero-order valence-corrected chi connectivity index (χ0v) is 17.4. The second kappa shape index (κ2) is 8.40. The monoisotopic (exact) mass is 443 g/mol. The Bertz CT molecular complexity index is 920. The number of hydrogen-bond acceptors (Lipinski definition) is 4. The van der Waals surface area contributed by atoms with Gasteiger partial charge >= 0.3 is 0 Å². The third kappa shape index (κ3) is 4.17. The van der Waals surface area contributed by atoms with E-state index in [0.717, 1.165) is 54.3 Å². The lowest BCUT2D eigenvalue weighted by Crippen LogP contribution is -2.41. The minimum absolute atomic E-state index is 0.115. The molecule has 3 heterocycles. The number of carbonyl (C=O) groups is 1. The number of carbonyl (C=O) groups excluding carboxylic acids is 1. The number of fused-ring (bicyclic) bond motifs is 1. The predicted molar refractivity (Wildman–Crippen MR) is 115 cm³/mol. The van der Waals surface area contributed by atoms with Crippen molar-refractivity contribution in [2.75, 3.05) is 24.5 Å². The Morgan fingerprint density at radius 1 is 1.22 bits per heavy atom. The second-order valence-electron chi connectivity index (χ2n) is 6.85. The summed E-state index contributed by atoms with van der Waals surface area (Å²) < 4.78 is 1.02. The van der Waals surface area contributed by atoms with Crippen molar-refractivity contribution in [2.24, 2.45) is 5.92 Å². The number of aromatic nitrogens is 1. The number of halogens is 1. The van der Waals surface area contributed by atoms with E-state index in [0.29, 0.717) is 0 Å². The first-order chi connectivity index (χ1) is 13.2. The van der Waals surface area contributed by atoms with Crippen LogP contribution in [-0.4, -0.2) is 30.5 Å². The summed E-state index contributed by atoms with van der Waals surface area (Å²) in [6.45, 7) is 2.52. The van der Waals surface area contributed by atoms with Gasteiger partial charge in [-0.1, -0.05) is 18.2 Å². The van der Waals surface area contributed by atoms with Gasteiger partial charge in [0.2, 0.25) is 5.91 Å². The van der Waals surface area contributed by atoms with Gasteiger partial charge in [-0.2, -0.15) is 0 Å². The second-order valence-corrected chi connectivity index (χ2v) is 8.73. The largest absolute Gasteiger partial charge is 0.371 e. The van der Waals surface area contributed by atoms with E-state index in [2.05, 4.69) is 60.8 Å². The molecule has 0 unspecified atom stereocenters. The van der Waals surface area contributed by atoms with Crippen LogP contribution in [0.4, 0.5) is 5.69 Å². The van der Waals surface area contributed by atoms with Crippen molar-refractivity contribution in [3.8, 4) is 0 Å². The number of piperidine rings is 1. The lowest BCUT2D eigenvalue weighted by Gasteiger charge is -2.33. The highest BCUT2D eigenvalue weighted by molar-refractivity contribution is 9.10. The van der Waals surface area contributed by atoms with Crippen LogP contribution in [0.3, 0.4) is 0 Å². The quantitative estimate of drug-likeness (QED) is 0.624. The number of anilines is 1. The highest BCUT2D eigenvalue weighted by Crippen LogP contribution is 2.32. The van der Waals surface area contributed by atoms with Gasteiger partial charge in [-0.15, -0.1) is 11.3 Å². The molecule has 27 heavy (non-hydrogen) atoms. The Balaban J connectivity index is 1.35. The fourth-order valence-corrected chi connectivity index (χ4v) is 4.87. The van der Waals surface area contributed by atoms with Crippen molar-refractivity contribution >= 4 is 49.8 Å². The van der Waals surface area contributed by atoms with Crippen LogP contribution in [0.5, 0.6) is 0 Å². The smallest absolute Gasteiger partial charge is 0.223 e. The van der Waals surface area contributed by atoms with E-state index in [1.54, 1.807) is 11.3 Å². The van der Waals surface area contributed by atoms with Gasteiger partial charge < -0.3 is 10.2 Å². The minimum Gasteiger partial charge on any atom is -0.371 e. The number of nitrogens with zero attached hydrogens (tertiary/aromatic N) is 2. The molecule has 6 heteroatoms. The molecule has 0 spiro atoms. The molecule has 0 bridgehead atoms. The topological polar surface area (TPSA) is 45.2 Å². The van der Waals surface area contributed by atoms with Crippen LogP contribution in [0.15, 0.2) is 52.4 Å². The number of pyridine rings is 1. The van der Waals surface area contributed by atoms with Gasteiger partial charge in [0.25, 0.3) is 0 Å². The molecule has 3 aromatic rings. The first-order valence-electron chi connectivity index (χ1n) is 9.30. The normalized spacial score (nSPS) is 15.2. The molecule has 140 valence electrons. The fourth-order valence-electron chi connectivity index (χ4n) is 3.69. The molecular formula is C21H22BrN3OS. The van der Waals surface area contributed by atoms with Gasteiger partial charge in [0.15, 0.2) is 0 Å². The fraction of sp³-hybridized carbons (Fsp3) is 0.333. The van der Waals surface area contributed by atoms with Gasteiger partial charge in [-0.3, -0.25) is 9.78 Å². The van der Waals surface area contributed by atoms with E-state index in [1.807, 2.05) is 18.3 Å². The zero-order chi connectivity index (χ0) is 18.6. The van der Waals surface area contributed by atoms with Crippen LogP contribution in [-0.2, 0) is 11.2 Å². The predicted octanol–water partition coefficient (Wildman–Crippen LogP) is 4.63. The summed E-state index contributed by atoms with van der Waals surface area (Å²) in [4.78, 5) is 20.7. The van der Waals surface area contributed by atoms with Gasteiger partial charge in [0.05, 0.1) is 5.52 Å². The average Bonchev–Trinajstić information content (AvgIpc) is 3.21. The van der Waals surface area contributed by atoms with E-state index >= 15 is 0 Å². The number of thiophene rings is 1. The number of para-hydroxylation sites is 1. The summed E-state index contributed by atoms with van der Waals surface area (Å²) in [6, 6.07) is 12.4. The minimum atomic E-state index is 0.115. The van der Waals surface area contributed by atoms with Crippen LogP contribution < -0.4 is 10.2 Å². The Morgan fingerprint density at radius 3 is 2.85 bits per heavy atom. The van der Waals surface area contributed by atoms with E-state index in [1.165, 1.54) is 10.6 Å². The number of rotatable bonds is 5. The van der Waals surface area contributed by atoms with Crippen LogP contribution in [0.2, 0.25) is 0 Å². The Labute approximate surface area is 171 Å². The van der Waals surface area contributed by atoms with E-state index in [9.17, 15) is 4.79 Å². The van der Waals surface area contributed by atoms with E-state index in [-0.39, 0.29) is 11.8 Å². The molecule has 0 saturated carbocycles. The maximum absolute atomic E-state index is 12.5. The van der Waals surface area contributed by atoms with E-state index < -0.39 is 0 Å². The van der Waals surface area contributed by atoms with Crippen molar-refractivity contribution in [3.63, 3.8) is 0 Å². The third-order valence-electron chi connectivity index (χ3n) is 5.16. The molecule has 1 fully saturated rings. The lowest BCUT2D eigenvalue weighted by molar-refractivity contribution is -0.125. The number of nitrogens with one attached hydrogen (secondary N) is 1. The first kappa shape index (κ1) is 18.4. The first-order valence-corrected chi connectivity index (χ1v) is 11.0. The SMILES string of the molecule is O=C(NCCc1cccs1)C1CCN(c2ccnc3c(Br)cccc23)CC1. The molecule has 1 amide bonds. The van der Waals surface area contributed by atoms with Crippen LogP contribution in [0, 0.1) is 5.92 Å². The molecule has 1 N–H and O–H groups in total. The number of benzene rings is 1. The summed E-state index contributed by atoms with van der Waals surface area (Å²) in [5.74, 6) is 0.318. The van der Waals surface area contributed by atoms with Crippen molar-refractivity contribution < 1.29 is 4.79 Å². The highest BCUT2D eigenvalue weighted by Gasteiger charge is 2.25. The highest BCUT2D eigenvalue weighted by atomic mass is 79.9. The standard InChI is InChI=1S/C21H22BrN3OS/c22-18-5-1-4-17-19(7-11-23-20(17)18)25-12-8-15(9-13-25)21(26)24-10-6-16-3-2-14-27-16/h1-5,7,11,14-15H,6,8-10,12-13H2,(H,24,26). The van der Waals surface area contributed by atoms with Crippen LogP contribution in [0.1, 0.15) is 17.7 Å². The Hall–Kier alpha value is -1.92. The molecule has 0 atom stereocenters. The number of amides is 1. The van der Waals surface area contributed by atoms with Gasteiger partial charge in [0, 0.05) is 52.2 Å². The molecule has 1 saturated heterocycles. The Kier molecular flexibility index (Phi) is 5.74. The van der Waals surface area contributed by atoms with Gasteiger partial charge in [-0.05, 0) is 58.8 Å². The van der Waals surface area contributed by atoms with Gasteiger partial charge in [0.1, 0.15) is 0 Å². The molecule has 4 rings (SSSR count). The summed E-state index contributed by atoms with van der Waals surface area (Å²) in [6.07, 6.45) is 4.57. The average molecular weight is 444 g/mol. The molecule has 2 aromatic heterocycles. The molecule has 0 aliphatic carbocycles. The maximum atomic E-state index is 12.5. The molecule has 1 aliphatic rings. The van der Waals surface area contributed by atoms with Gasteiger partial charge in [-0.25, -0.2) is 0 Å². The van der Waals surface area contributed by atoms with Crippen molar-refractivity contribution in [2.45, 2.75) is 19.3 Å². The van der Waals surface area contributed by atoms with Crippen molar-refractivity contribution in [1.82, 2.24) is 10.3 Å². The lowest BCUT2D eigenvalue weighted by atomic mass is 9.95.